The van der Waals surface area contributed by atoms with E-state index in [-0.39, 0.29) is 11.6 Å². The van der Waals surface area contributed by atoms with Crippen LogP contribution < -0.4 is 5.32 Å². The molecule has 0 aromatic carbocycles. The van der Waals surface area contributed by atoms with E-state index < -0.39 is 0 Å². The van der Waals surface area contributed by atoms with Crippen molar-refractivity contribution in [2.24, 2.45) is 0 Å². The van der Waals surface area contributed by atoms with Crippen molar-refractivity contribution >= 4 is 0 Å². The highest BCUT2D eigenvalue weighted by Gasteiger charge is 2.22. The molecule has 0 saturated heterocycles. The van der Waals surface area contributed by atoms with E-state index in [0.717, 1.165) is 13.2 Å². The van der Waals surface area contributed by atoms with Crippen molar-refractivity contribution in [2.75, 3.05) is 13.7 Å². The normalized spacial score (nSPS) is 14.1. The number of nitrogens with zero attached hydrogens (tertiary/aromatic N) is 2. The molecule has 4 nitrogen and oxygen atoms in total. The van der Waals surface area contributed by atoms with E-state index in [2.05, 4.69) is 35.6 Å². The van der Waals surface area contributed by atoms with Crippen molar-refractivity contribution < 1.29 is 4.74 Å². The van der Waals surface area contributed by atoms with Gasteiger partial charge in [-0.25, -0.2) is 4.98 Å². The minimum absolute atomic E-state index is 0.0670. The number of hydrogen-bond acceptors (Lipinski definition) is 3. The summed E-state index contributed by atoms with van der Waals surface area (Å²) >= 11 is 0. The van der Waals surface area contributed by atoms with Crippen molar-refractivity contribution in [1.29, 1.82) is 0 Å². The van der Waals surface area contributed by atoms with E-state index in [4.69, 9.17) is 4.74 Å². The van der Waals surface area contributed by atoms with Gasteiger partial charge in [0.05, 0.1) is 23.7 Å². The van der Waals surface area contributed by atoms with Crippen molar-refractivity contribution in [3.05, 3.63) is 18.2 Å². The molecule has 0 aliphatic heterocycles. The largest absolute Gasteiger partial charge is 0.377 e. The summed E-state index contributed by atoms with van der Waals surface area (Å²) in [6.07, 6.45) is 3.99. The minimum Gasteiger partial charge on any atom is -0.377 e. The first-order valence-corrected chi connectivity index (χ1v) is 5.82. The Labute approximate surface area is 98.0 Å². The highest BCUT2D eigenvalue weighted by atomic mass is 16.5. The fourth-order valence-electron chi connectivity index (χ4n) is 1.73. The number of rotatable bonds is 6. The predicted molar refractivity (Wildman–Crippen MR) is 65.4 cm³/mol. The van der Waals surface area contributed by atoms with E-state index in [9.17, 15) is 0 Å². The van der Waals surface area contributed by atoms with Crippen molar-refractivity contribution in [1.82, 2.24) is 14.9 Å². The molecule has 1 rings (SSSR count). The molecule has 1 N–H and O–H groups in total. The fourth-order valence-corrected chi connectivity index (χ4v) is 1.73. The minimum atomic E-state index is -0.0670. The van der Waals surface area contributed by atoms with Gasteiger partial charge in [-0.1, -0.05) is 0 Å². The van der Waals surface area contributed by atoms with Crippen molar-refractivity contribution in [3.63, 3.8) is 0 Å². The average molecular weight is 225 g/mol. The molecule has 0 aliphatic carbocycles. The molecular weight excluding hydrogens is 202 g/mol. The van der Waals surface area contributed by atoms with Gasteiger partial charge in [-0.15, -0.1) is 0 Å². The smallest absolute Gasteiger partial charge is 0.0949 e. The molecule has 0 spiro atoms. The topological polar surface area (TPSA) is 39.1 Å². The molecule has 92 valence electrons. The van der Waals surface area contributed by atoms with Gasteiger partial charge >= 0.3 is 0 Å². The third-order valence-corrected chi connectivity index (χ3v) is 2.88. The second-order valence-corrected chi connectivity index (χ2v) is 4.57. The van der Waals surface area contributed by atoms with Gasteiger partial charge in [-0.05, 0) is 34.7 Å². The fraction of sp³-hybridized carbons (Fsp3) is 0.750. The van der Waals surface area contributed by atoms with Gasteiger partial charge in [0.15, 0.2) is 0 Å². The Hall–Kier alpha value is -0.870. The zero-order valence-electron chi connectivity index (χ0n) is 10.9. The van der Waals surface area contributed by atoms with Crippen LogP contribution in [0.3, 0.4) is 0 Å². The Morgan fingerprint density at radius 1 is 1.56 bits per heavy atom. The lowest BCUT2D eigenvalue weighted by atomic mass is 10.0. The van der Waals surface area contributed by atoms with Crippen LogP contribution in [0.2, 0.25) is 0 Å². The highest BCUT2D eigenvalue weighted by Crippen LogP contribution is 2.19. The Kier molecular flexibility index (Phi) is 4.50. The van der Waals surface area contributed by atoms with Crippen LogP contribution in [0.4, 0.5) is 0 Å². The van der Waals surface area contributed by atoms with Crippen LogP contribution in [0.1, 0.15) is 33.4 Å². The molecule has 0 radical (unpaired) electrons. The first-order chi connectivity index (χ1) is 7.51. The van der Waals surface area contributed by atoms with E-state index in [1.54, 1.807) is 0 Å². The van der Waals surface area contributed by atoms with Gasteiger partial charge in [0.2, 0.25) is 0 Å². The lowest BCUT2D eigenvalue weighted by Crippen LogP contribution is -2.36. The molecule has 16 heavy (non-hydrogen) atoms. The molecule has 0 amide bonds. The number of ether oxygens (including phenoxy) is 1. The summed E-state index contributed by atoms with van der Waals surface area (Å²) < 4.78 is 7.70. The number of imidazole rings is 1. The lowest BCUT2D eigenvalue weighted by molar-refractivity contribution is 0.0627. The molecule has 1 aromatic rings. The summed E-state index contributed by atoms with van der Waals surface area (Å²) in [5, 5.41) is 3.29. The Morgan fingerprint density at radius 2 is 2.25 bits per heavy atom. The standard InChI is InChI=1S/C12H23N3O/c1-6-16-10(2)8-15-9-14-7-11(15)12(3,4)13-5/h7,9-10,13H,6,8H2,1-5H3. The SMILES string of the molecule is CCOC(C)Cn1cncc1C(C)(C)NC. The number of aromatic nitrogens is 2. The van der Waals surface area contributed by atoms with Gasteiger partial charge in [-0.2, -0.15) is 0 Å². The van der Waals surface area contributed by atoms with Crippen LogP contribution in [0, 0.1) is 0 Å². The summed E-state index contributed by atoms with van der Waals surface area (Å²) in [5.41, 5.74) is 1.11. The highest BCUT2D eigenvalue weighted by molar-refractivity contribution is 5.10. The summed E-state index contributed by atoms with van der Waals surface area (Å²) in [7, 11) is 1.96. The van der Waals surface area contributed by atoms with Crippen LogP contribution in [-0.2, 0) is 16.8 Å². The molecule has 0 fully saturated rings. The molecule has 4 heteroatoms. The molecule has 0 saturated carbocycles. The maximum atomic E-state index is 5.55. The maximum absolute atomic E-state index is 5.55. The molecule has 1 aromatic heterocycles. The second-order valence-electron chi connectivity index (χ2n) is 4.57. The summed E-state index contributed by atoms with van der Waals surface area (Å²) in [5.74, 6) is 0. The summed E-state index contributed by atoms with van der Waals surface area (Å²) in [6, 6.07) is 0. The Bertz CT molecular complexity index is 320. The van der Waals surface area contributed by atoms with E-state index >= 15 is 0 Å². The van der Waals surface area contributed by atoms with Gasteiger partial charge in [0.1, 0.15) is 0 Å². The monoisotopic (exact) mass is 225 g/mol. The summed E-state index contributed by atoms with van der Waals surface area (Å²) in [6.45, 7) is 9.98. The van der Waals surface area contributed by atoms with Crippen LogP contribution in [0.15, 0.2) is 12.5 Å². The Morgan fingerprint density at radius 3 is 2.81 bits per heavy atom. The third kappa shape index (κ3) is 3.06. The van der Waals surface area contributed by atoms with Gasteiger partial charge in [-0.3, -0.25) is 0 Å². The molecule has 1 atom stereocenters. The maximum Gasteiger partial charge on any atom is 0.0949 e. The van der Waals surface area contributed by atoms with Gasteiger partial charge < -0.3 is 14.6 Å². The van der Waals surface area contributed by atoms with E-state index in [1.807, 2.05) is 26.5 Å². The zero-order chi connectivity index (χ0) is 12.2. The van der Waals surface area contributed by atoms with E-state index in [1.165, 1.54) is 5.69 Å². The molecule has 1 unspecified atom stereocenters. The van der Waals surface area contributed by atoms with Crippen LogP contribution in [0.5, 0.6) is 0 Å². The molecule has 0 aliphatic rings. The molecule has 0 bridgehead atoms. The number of nitrogens with one attached hydrogen (secondary N) is 1. The second kappa shape index (κ2) is 5.46. The average Bonchev–Trinajstić information content (AvgIpc) is 2.67. The van der Waals surface area contributed by atoms with Crippen LogP contribution in [-0.4, -0.2) is 29.3 Å². The van der Waals surface area contributed by atoms with Crippen molar-refractivity contribution in [3.8, 4) is 0 Å². The van der Waals surface area contributed by atoms with Crippen molar-refractivity contribution in [2.45, 2.75) is 45.9 Å². The van der Waals surface area contributed by atoms with Crippen LogP contribution in [0.25, 0.3) is 0 Å². The zero-order valence-corrected chi connectivity index (χ0v) is 10.9. The molecule has 1 heterocycles. The van der Waals surface area contributed by atoms with Crippen LogP contribution >= 0.6 is 0 Å². The first kappa shape index (κ1) is 13.2. The first-order valence-electron chi connectivity index (χ1n) is 5.82. The molecular formula is C12H23N3O. The third-order valence-electron chi connectivity index (χ3n) is 2.88. The predicted octanol–water partition coefficient (Wildman–Crippen LogP) is 1.76. The van der Waals surface area contributed by atoms with E-state index in [0.29, 0.717) is 0 Å². The lowest BCUT2D eigenvalue weighted by Gasteiger charge is -2.26. The summed E-state index contributed by atoms with van der Waals surface area (Å²) in [4.78, 5) is 4.22. The number of hydrogen-bond donors (Lipinski definition) is 1. The van der Waals surface area contributed by atoms with Gasteiger partial charge in [0, 0.05) is 19.3 Å². The van der Waals surface area contributed by atoms with Gasteiger partial charge in [0.25, 0.3) is 0 Å². The Balaban J connectivity index is 2.78. The quantitative estimate of drug-likeness (QED) is 0.802.